The van der Waals surface area contributed by atoms with E-state index in [0.29, 0.717) is 55.0 Å². The van der Waals surface area contributed by atoms with Gasteiger partial charge in [-0.15, -0.1) is 11.3 Å². The van der Waals surface area contributed by atoms with Crippen LogP contribution in [0.3, 0.4) is 0 Å². The van der Waals surface area contributed by atoms with Crippen molar-refractivity contribution in [2.24, 2.45) is 0 Å². The molecule has 1 spiro atoms. The average Bonchev–Trinajstić information content (AvgIpc) is 3.07. The molecule has 0 unspecified atom stereocenters. The fourth-order valence-corrected chi connectivity index (χ4v) is 6.34. The summed E-state index contributed by atoms with van der Waals surface area (Å²) in [6.07, 6.45) is 5.06. The molecule has 2 aliphatic heterocycles. The molecule has 26 heavy (non-hydrogen) atoms. The normalized spacial score (nSPS) is 23.7. The number of thiophene rings is 1. The SMILES string of the molecule is O=S(=O)(c1ccc(-c2cnc(C3CC3)o2)s1)N1CCC2(CC1)OCCO2. The summed E-state index contributed by atoms with van der Waals surface area (Å²) in [6, 6.07) is 3.45. The molecular formula is C17H20N2O5S2. The van der Waals surface area contributed by atoms with E-state index in [-0.39, 0.29) is 0 Å². The minimum atomic E-state index is -3.51. The highest BCUT2D eigenvalue weighted by Crippen LogP contribution is 2.42. The number of sulfonamides is 1. The minimum absolute atomic E-state index is 0.334. The van der Waals surface area contributed by atoms with Crippen LogP contribution in [-0.2, 0) is 19.5 Å². The van der Waals surface area contributed by atoms with Crippen LogP contribution in [0.4, 0.5) is 0 Å². The maximum atomic E-state index is 13.0. The summed E-state index contributed by atoms with van der Waals surface area (Å²) >= 11 is 1.23. The van der Waals surface area contributed by atoms with E-state index < -0.39 is 15.8 Å². The van der Waals surface area contributed by atoms with Crippen molar-refractivity contribution in [1.82, 2.24) is 9.29 Å². The van der Waals surface area contributed by atoms with Crippen molar-refractivity contribution >= 4 is 21.4 Å². The van der Waals surface area contributed by atoms with Crippen molar-refractivity contribution < 1.29 is 22.3 Å². The summed E-state index contributed by atoms with van der Waals surface area (Å²) in [7, 11) is -3.51. The zero-order valence-electron chi connectivity index (χ0n) is 14.2. The molecule has 3 fully saturated rings. The molecule has 0 N–H and O–H groups in total. The first-order valence-electron chi connectivity index (χ1n) is 8.90. The van der Waals surface area contributed by atoms with Gasteiger partial charge in [0.05, 0.1) is 24.3 Å². The van der Waals surface area contributed by atoms with Gasteiger partial charge in [-0.2, -0.15) is 4.31 Å². The van der Waals surface area contributed by atoms with E-state index in [2.05, 4.69) is 4.98 Å². The second kappa shape index (κ2) is 6.13. The Morgan fingerprint density at radius 2 is 1.88 bits per heavy atom. The Balaban J connectivity index is 1.33. The first kappa shape index (κ1) is 16.9. The molecule has 0 atom stereocenters. The van der Waals surface area contributed by atoms with Crippen molar-refractivity contribution in [2.75, 3.05) is 26.3 Å². The van der Waals surface area contributed by atoms with Crippen LogP contribution in [0, 0.1) is 0 Å². The van der Waals surface area contributed by atoms with Gasteiger partial charge in [-0.1, -0.05) is 0 Å². The molecule has 1 saturated carbocycles. The Labute approximate surface area is 156 Å². The third kappa shape index (κ3) is 2.91. The number of hydrogen-bond acceptors (Lipinski definition) is 7. The van der Waals surface area contributed by atoms with Crippen LogP contribution in [0.1, 0.15) is 37.5 Å². The fraction of sp³-hybridized carbons (Fsp3) is 0.588. The highest BCUT2D eigenvalue weighted by atomic mass is 32.2. The molecule has 7 nitrogen and oxygen atoms in total. The van der Waals surface area contributed by atoms with Crippen LogP contribution < -0.4 is 0 Å². The molecule has 1 aliphatic carbocycles. The van der Waals surface area contributed by atoms with Gasteiger partial charge in [-0.05, 0) is 25.0 Å². The number of aromatic nitrogens is 1. The van der Waals surface area contributed by atoms with Gasteiger partial charge in [0.25, 0.3) is 10.0 Å². The predicted molar refractivity (Wildman–Crippen MR) is 94.4 cm³/mol. The lowest BCUT2D eigenvalue weighted by Crippen LogP contribution is -2.47. The molecule has 0 amide bonds. The second-order valence-electron chi connectivity index (χ2n) is 6.97. The van der Waals surface area contributed by atoms with Crippen molar-refractivity contribution in [1.29, 1.82) is 0 Å². The number of piperidine rings is 1. The molecular weight excluding hydrogens is 376 g/mol. The average molecular weight is 396 g/mol. The van der Waals surface area contributed by atoms with Crippen LogP contribution in [0.2, 0.25) is 0 Å². The molecule has 9 heteroatoms. The molecule has 2 saturated heterocycles. The number of hydrogen-bond donors (Lipinski definition) is 0. The number of nitrogens with zero attached hydrogens (tertiary/aromatic N) is 2. The molecule has 3 aliphatic rings. The van der Waals surface area contributed by atoms with Gasteiger partial charge in [0.2, 0.25) is 0 Å². The zero-order valence-corrected chi connectivity index (χ0v) is 15.9. The molecule has 2 aromatic rings. The largest absolute Gasteiger partial charge is 0.440 e. The van der Waals surface area contributed by atoms with Crippen molar-refractivity contribution in [2.45, 2.75) is 41.6 Å². The van der Waals surface area contributed by atoms with E-state index in [4.69, 9.17) is 13.9 Å². The third-order valence-electron chi connectivity index (χ3n) is 5.17. The quantitative estimate of drug-likeness (QED) is 0.790. The zero-order chi connectivity index (χ0) is 17.8. The number of ether oxygens (including phenoxy) is 2. The maximum absolute atomic E-state index is 13.0. The standard InChI is InChI=1S/C17H20N2O5S2/c20-26(21,19-7-5-17(6-8-19)22-9-10-23-17)15-4-3-14(25-15)13-11-18-16(24-13)12-1-2-12/h3-4,11-12H,1-2,5-10H2. The summed E-state index contributed by atoms with van der Waals surface area (Å²) < 4.78 is 44.9. The van der Waals surface area contributed by atoms with Gasteiger partial charge < -0.3 is 13.9 Å². The lowest BCUT2D eigenvalue weighted by atomic mass is 10.1. The lowest BCUT2D eigenvalue weighted by Gasteiger charge is -2.36. The van der Waals surface area contributed by atoms with Crippen molar-refractivity contribution in [3.05, 3.63) is 24.2 Å². The molecule has 140 valence electrons. The summed E-state index contributed by atoms with van der Waals surface area (Å²) in [5.74, 6) is 1.26. The van der Waals surface area contributed by atoms with E-state index in [1.807, 2.05) is 0 Å². The van der Waals surface area contributed by atoms with E-state index in [9.17, 15) is 8.42 Å². The first-order chi connectivity index (χ1) is 12.6. The minimum Gasteiger partial charge on any atom is -0.440 e. The van der Waals surface area contributed by atoms with Gasteiger partial charge in [-0.3, -0.25) is 0 Å². The maximum Gasteiger partial charge on any atom is 0.252 e. The van der Waals surface area contributed by atoms with E-state index in [0.717, 1.165) is 23.6 Å². The first-order valence-corrected chi connectivity index (χ1v) is 11.2. The van der Waals surface area contributed by atoms with Gasteiger partial charge >= 0.3 is 0 Å². The summed E-state index contributed by atoms with van der Waals surface area (Å²) in [6.45, 7) is 1.98. The number of oxazole rings is 1. The van der Waals surface area contributed by atoms with E-state index in [1.54, 1.807) is 18.3 Å². The smallest absolute Gasteiger partial charge is 0.252 e. The Bertz CT molecular complexity index is 899. The topological polar surface area (TPSA) is 81.9 Å². The Morgan fingerprint density at radius 3 is 2.58 bits per heavy atom. The number of rotatable bonds is 4. The third-order valence-corrected chi connectivity index (χ3v) is 8.63. The summed E-state index contributed by atoms with van der Waals surface area (Å²) in [5, 5.41) is 0. The molecule has 0 aromatic carbocycles. The van der Waals surface area contributed by atoms with Gasteiger partial charge in [-0.25, -0.2) is 13.4 Å². The van der Waals surface area contributed by atoms with Crippen LogP contribution >= 0.6 is 11.3 Å². The lowest BCUT2D eigenvalue weighted by molar-refractivity contribution is -0.179. The Kier molecular flexibility index (Phi) is 3.98. The fourth-order valence-electron chi connectivity index (χ4n) is 3.49. The van der Waals surface area contributed by atoms with Crippen molar-refractivity contribution in [3.8, 4) is 10.6 Å². The van der Waals surface area contributed by atoms with Gasteiger partial charge in [0.1, 0.15) is 4.21 Å². The van der Waals surface area contributed by atoms with E-state index in [1.165, 1.54) is 15.6 Å². The van der Waals surface area contributed by atoms with E-state index >= 15 is 0 Å². The Hall–Kier alpha value is -1.26. The Morgan fingerprint density at radius 1 is 1.15 bits per heavy atom. The van der Waals surface area contributed by atoms with Gasteiger partial charge in [0, 0.05) is 31.8 Å². The van der Waals surface area contributed by atoms with Crippen molar-refractivity contribution in [3.63, 3.8) is 0 Å². The molecule has 4 heterocycles. The molecule has 5 rings (SSSR count). The van der Waals surface area contributed by atoms with Crippen LogP contribution in [0.25, 0.3) is 10.6 Å². The molecule has 0 radical (unpaired) electrons. The molecule has 2 aromatic heterocycles. The summed E-state index contributed by atoms with van der Waals surface area (Å²) in [4.78, 5) is 5.10. The highest BCUT2D eigenvalue weighted by Gasteiger charge is 2.43. The van der Waals surface area contributed by atoms with Crippen LogP contribution in [-0.4, -0.2) is 49.8 Å². The predicted octanol–water partition coefficient (Wildman–Crippen LogP) is 2.81. The summed E-state index contributed by atoms with van der Waals surface area (Å²) in [5.41, 5.74) is 0. The van der Waals surface area contributed by atoms with Crippen LogP contribution in [0.5, 0.6) is 0 Å². The monoisotopic (exact) mass is 396 g/mol. The molecule has 0 bridgehead atoms. The van der Waals surface area contributed by atoms with Crippen LogP contribution in [0.15, 0.2) is 27.0 Å². The highest BCUT2D eigenvalue weighted by molar-refractivity contribution is 7.91. The second-order valence-corrected chi connectivity index (χ2v) is 10.2. The van der Waals surface area contributed by atoms with Gasteiger partial charge in [0.15, 0.2) is 17.4 Å².